The summed E-state index contributed by atoms with van der Waals surface area (Å²) in [6.45, 7) is 29.7. The van der Waals surface area contributed by atoms with Crippen LogP contribution in [0.25, 0.3) is 22.6 Å². The number of piperazine rings is 2. The molecule has 762 valence electrons. The monoisotopic (exact) mass is 1970 g/mol. The van der Waals surface area contributed by atoms with Crippen LogP contribution in [0, 0.1) is 41.5 Å². The molecule has 38 nitrogen and oxygen atoms in total. The van der Waals surface area contributed by atoms with Crippen molar-refractivity contribution < 1.29 is 64.0 Å². The highest BCUT2D eigenvalue weighted by molar-refractivity contribution is 5.74. The summed E-state index contributed by atoms with van der Waals surface area (Å²) >= 11 is 0. The van der Waals surface area contributed by atoms with Gasteiger partial charge in [-0.3, -0.25) is 23.6 Å². The summed E-state index contributed by atoms with van der Waals surface area (Å²) < 4.78 is 29.4. The zero-order valence-corrected chi connectivity index (χ0v) is 83.8. The minimum absolute atomic E-state index is 0.108. The number of phenolic OH excluding ortho intramolecular Hbond substituents is 6. The molecule has 2 aliphatic heterocycles. The lowest BCUT2D eigenvalue weighted by Gasteiger charge is -2.43. The first-order valence-electron chi connectivity index (χ1n) is 47.8. The molecule has 12 heterocycles. The highest BCUT2D eigenvalue weighted by Gasteiger charge is 2.33. The number of aromatic hydroxyl groups is 6. The first kappa shape index (κ1) is 106. The van der Waals surface area contributed by atoms with Gasteiger partial charge in [-0.2, -0.15) is 15.3 Å². The maximum absolute atomic E-state index is 11.3. The number of allylic oxidation sites excluding steroid dienone is 2. The number of hydrogen-bond acceptors (Lipinski definition) is 29. The molecule has 4 unspecified atom stereocenters. The third kappa shape index (κ3) is 28.6. The second kappa shape index (κ2) is 49.2. The summed E-state index contributed by atoms with van der Waals surface area (Å²) in [6, 6.07) is 49.3. The zero-order valence-electron chi connectivity index (χ0n) is 83.8. The smallest absolute Gasteiger partial charge is 0.217 e. The van der Waals surface area contributed by atoms with Crippen molar-refractivity contribution in [2.24, 2.45) is 44.1 Å². The fourth-order valence-corrected chi connectivity index (χ4v) is 18.2. The number of carbonyl (C=O) groups is 2. The molecule has 0 radical (unpaired) electrons. The van der Waals surface area contributed by atoms with Crippen molar-refractivity contribution in [2.45, 2.75) is 170 Å². The number of hydrogen-bond donors (Lipinski definition) is 12. The van der Waals surface area contributed by atoms with Crippen LogP contribution in [0.5, 0.6) is 34.5 Å². The van der Waals surface area contributed by atoms with Gasteiger partial charge in [0.1, 0.15) is 68.9 Å². The summed E-state index contributed by atoms with van der Waals surface area (Å²) in [7, 11) is 5.71. The van der Waals surface area contributed by atoms with Gasteiger partial charge in [0.25, 0.3) is 0 Å². The lowest BCUT2D eigenvalue weighted by Crippen LogP contribution is -2.54. The molecule has 38 heteroatoms. The number of amides is 2. The number of aromatic nitrogens is 17. The van der Waals surface area contributed by atoms with E-state index in [1.807, 2.05) is 183 Å². The molecular weight excluding hydrogens is 1840 g/mol. The molecule has 16 aromatic rings. The van der Waals surface area contributed by atoms with Gasteiger partial charge in [-0.1, -0.05) is 89.3 Å². The standard InChI is InChI=1S/C19H22N4O2.C18H21N5O.C18H24N4O3.C18H21N3O3.C17H23N5O2.C17H20N4O2/c1-12(20)7-19-18(9-17-13(2)22-25-14(17)3)21-11-23(19)10-15-5-4-6-16(24)8-15;1-13(19)8-18-17(10-15-6-7-21-22(15)2)20-12-23(18)11-14-4-3-5-16(24)9-14;1-12-18(13(2)25-20-12)21-8-9-22(14-4-3-5-16(23)10-14)15(11-21)6-7-17(19)24;1-11(22)7-16-18(17-12(2)20-24-13(17)3)19-10-21(16)9-14-5-4-6-15(23)8-14;1-20-17(7-8-19-20)21-9-10-22(13-3-2-4-15(23)11-13)14(12-21)5-6-16(18)24;1-12(22)8-16-17(15-6-7-19-20(15)2)18-11-21(16)10-13-4-3-5-14(23)9-13/h4-6,8,11,24H,1,7,9-10,20H2,2-3H3;3-7,9,12,24H,1,8,10-11,19H2,2H3;3-5,10,15,23H,6-9,11H2,1-2H3,(H2,19,24);4-6,8,10-11,22-23H,7,9H2,1-3H3;2-4,7-8,11,14,23H,5-6,9-10,12H2,1H3,(H2,18,24);3-7,9,11-12,22-23H,8,10H2,1-2H3. The molecule has 2 aliphatic rings. The summed E-state index contributed by atoms with van der Waals surface area (Å²) in [4.78, 5) is 49.7. The molecule has 2 fully saturated rings. The first-order chi connectivity index (χ1) is 69.4. The fourth-order valence-electron chi connectivity index (χ4n) is 18.2. The van der Waals surface area contributed by atoms with Gasteiger partial charge in [0, 0.05) is 237 Å². The van der Waals surface area contributed by atoms with Crippen LogP contribution in [0.3, 0.4) is 0 Å². The molecule has 0 saturated carbocycles. The Kier molecular flexibility index (Phi) is 35.8. The largest absolute Gasteiger partial charge is 0.508 e. The first-order valence-corrected chi connectivity index (χ1v) is 47.8. The van der Waals surface area contributed by atoms with E-state index in [1.54, 1.807) is 129 Å². The molecule has 145 heavy (non-hydrogen) atoms. The van der Waals surface area contributed by atoms with E-state index in [2.05, 4.69) is 88.0 Å². The number of carbonyl (C=O) groups excluding carboxylic acids is 2. The van der Waals surface area contributed by atoms with Crippen LogP contribution in [0.15, 0.2) is 246 Å². The number of benzene rings is 6. The molecule has 10 aromatic heterocycles. The molecule has 6 aromatic carbocycles. The summed E-state index contributed by atoms with van der Waals surface area (Å²) in [5.74, 6) is 4.25. The van der Waals surface area contributed by atoms with E-state index in [1.165, 1.54) is 0 Å². The molecule has 2 amide bonds. The van der Waals surface area contributed by atoms with E-state index in [0.29, 0.717) is 108 Å². The van der Waals surface area contributed by atoms with Gasteiger partial charge in [-0.25, -0.2) is 19.9 Å². The van der Waals surface area contributed by atoms with Gasteiger partial charge in [0.2, 0.25) is 11.8 Å². The third-order valence-corrected chi connectivity index (χ3v) is 25.1. The number of anilines is 4. The topological polar surface area (TPSA) is 516 Å². The lowest BCUT2D eigenvalue weighted by molar-refractivity contribution is -0.119. The van der Waals surface area contributed by atoms with Gasteiger partial charge in [0.05, 0.1) is 83.4 Å². The fraction of sp³-hybridized carbons (Fsp3) is 0.327. The molecule has 0 bridgehead atoms. The second-order valence-corrected chi connectivity index (χ2v) is 36.6. The molecule has 0 spiro atoms. The van der Waals surface area contributed by atoms with Crippen LogP contribution >= 0.6 is 0 Å². The van der Waals surface area contributed by atoms with E-state index in [0.717, 1.165) is 181 Å². The van der Waals surface area contributed by atoms with Crippen LogP contribution in [-0.4, -0.2) is 199 Å². The van der Waals surface area contributed by atoms with Crippen molar-refractivity contribution in [1.82, 2.24) is 83.0 Å². The van der Waals surface area contributed by atoms with Crippen molar-refractivity contribution in [3.63, 3.8) is 0 Å². The van der Waals surface area contributed by atoms with Crippen LogP contribution in [0.4, 0.5) is 22.9 Å². The SMILES string of the molecule is C=C(N)Cc1c(Cc2c(C)noc2C)ncn1Cc1cccc(O)c1.C=C(N)Cc1c(Cc2ccnn2C)ncn1Cc1cccc(O)c1.CC(O)Cc1c(-c2ccnn2C)ncn1Cc1cccc(O)c1.Cc1noc(C)c1-c1ncn(Cc2cccc(O)c2)c1CC(C)O.Cc1noc(C)c1N1CCN(c2cccc(O)c2)C(CCC(N)=O)C1.Cn1nccc1N1CCN(c2cccc(O)c2)C(CCC(N)=O)C1. The number of aliphatic hydroxyl groups excluding tert-OH is 2. The van der Waals surface area contributed by atoms with Gasteiger partial charge >= 0.3 is 0 Å². The van der Waals surface area contributed by atoms with Gasteiger partial charge in [-0.15, -0.1) is 0 Å². The van der Waals surface area contributed by atoms with Crippen LogP contribution in [0.1, 0.15) is 142 Å². The number of imidazole rings is 4. The van der Waals surface area contributed by atoms with E-state index in [9.17, 15) is 50.4 Å². The van der Waals surface area contributed by atoms with E-state index < -0.39 is 12.2 Å². The van der Waals surface area contributed by atoms with Gasteiger partial charge in [-0.05, 0) is 175 Å². The Morgan fingerprint density at radius 3 is 1.21 bits per heavy atom. The lowest BCUT2D eigenvalue weighted by atomic mass is 10.0. The van der Waals surface area contributed by atoms with Crippen molar-refractivity contribution >= 4 is 34.7 Å². The number of phenols is 6. The second-order valence-electron chi connectivity index (χ2n) is 36.6. The Morgan fingerprint density at radius 1 is 0.428 bits per heavy atom. The average Bonchev–Trinajstić information content (AvgIpc) is 1.61. The molecule has 2 saturated heterocycles. The number of primary amides is 2. The Bertz CT molecular complexity index is 6960. The number of aryl methyl sites for hydroxylation is 9. The van der Waals surface area contributed by atoms with Gasteiger partial charge < -0.3 is 115 Å². The maximum atomic E-state index is 11.3. The zero-order chi connectivity index (χ0) is 104. The Morgan fingerprint density at radius 2 is 0.821 bits per heavy atom. The van der Waals surface area contributed by atoms with Crippen molar-refractivity contribution in [3.05, 3.63) is 334 Å². The van der Waals surface area contributed by atoms with Crippen molar-refractivity contribution in [2.75, 3.05) is 58.9 Å². The van der Waals surface area contributed by atoms with Crippen molar-refractivity contribution in [1.29, 1.82) is 0 Å². The number of nitrogens with zero attached hydrogens (tertiary/aromatic N) is 21. The third-order valence-electron chi connectivity index (χ3n) is 25.1. The minimum Gasteiger partial charge on any atom is -0.508 e. The molecule has 4 atom stereocenters. The average molecular weight is 1980 g/mol. The number of nitrogens with two attached hydrogens (primary N) is 4. The maximum Gasteiger partial charge on any atom is 0.217 e. The number of rotatable bonds is 32. The Hall–Kier alpha value is -16.6. The summed E-state index contributed by atoms with van der Waals surface area (Å²) in [6.07, 6.45) is 16.9. The Balaban J connectivity index is 0.000000146. The molecule has 18 rings (SSSR count). The van der Waals surface area contributed by atoms with E-state index >= 15 is 0 Å². The summed E-state index contributed by atoms with van der Waals surface area (Å²) in [5.41, 5.74) is 44.3. The van der Waals surface area contributed by atoms with Crippen molar-refractivity contribution in [3.8, 4) is 57.1 Å². The highest BCUT2D eigenvalue weighted by Crippen LogP contribution is 2.36. The van der Waals surface area contributed by atoms with Gasteiger partial charge in [0.15, 0.2) is 5.76 Å². The normalized spacial score (nSPS) is 13.8. The molecular formula is C107H131N25O13. The molecule has 16 N–H and O–H groups in total. The van der Waals surface area contributed by atoms with Crippen LogP contribution < -0.4 is 42.5 Å². The predicted octanol–water partition coefficient (Wildman–Crippen LogP) is 12.7. The minimum atomic E-state index is -0.496. The number of aliphatic hydroxyl groups is 2. The quantitative estimate of drug-likeness (QED) is 0.0186. The van der Waals surface area contributed by atoms with Crippen LogP contribution in [0.2, 0.25) is 0 Å². The van der Waals surface area contributed by atoms with E-state index in [4.69, 9.17) is 36.5 Å². The molecule has 0 aliphatic carbocycles. The van der Waals surface area contributed by atoms with Crippen LogP contribution in [-0.2, 0) is 95.4 Å². The Labute approximate surface area is 841 Å². The van der Waals surface area contributed by atoms with E-state index in [-0.39, 0.29) is 58.4 Å². The highest BCUT2D eigenvalue weighted by atomic mass is 16.5. The summed E-state index contributed by atoms with van der Waals surface area (Å²) in [5, 5.41) is 103. The predicted molar refractivity (Wildman–Crippen MR) is 553 cm³/mol.